The Kier molecular flexibility index (Phi) is 5.38. The van der Waals surface area contributed by atoms with Gasteiger partial charge in [0.1, 0.15) is 0 Å². The van der Waals surface area contributed by atoms with Crippen molar-refractivity contribution in [2.24, 2.45) is 0 Å². The van der Waals surface area contributed by atoms with Crippen LogP contribution in [0.15, 0.2) is 30.3 Å². The first kappa shape index (κ1) is 16.5. The van der Waals surface area contributed by atoms with Gasteiger partial charge in [0.15, 0.2) is 8.46 Å². The van der Waals surface area contributed by atoms with Crippen molar-refractivity contribution >= 4 is 8.46 Å². The number of benzene rings is 1. The number of hydrogen-bond donors (Lipinski definition) is 0. The van der Waals surface area contributed by atoms with Gasteiger partial charge in [-0.15, -0.1) is 0 Å². The molecule has 1 rings (SSSR count). The maximum atomic E-state index is 12.9. The molecule has 0 radical (unpaired) electrons. The van der Waals surface area contributed by atoms with Gasteiger partial charge in [-0.2, -0.15) is 13.2 Å². The van der Waals surface area contributed by atoms with E-state index >= 15 is 0 Å². The Hall–Kier alpha value is -1.53. The van der Waals surface area contributed by atoms with E-state index in [-0.39, 0.29) is 11.0 Å². The van der Waals surface area contributed by atoms with Crippen molar-refractivity contribution in [2.75, 3.05) is 6.54 Å². The summed E-state index contributed by atoms with van der Waals surface area (Å²) in [5.41, 5.74) is -0.388. The van der Waals surface area contributed by atoms with Crippen LogP contribution < -0.4 is 0 Å². The highest BCUT2D eigenvalue weighted by molar-refractivity contribution is 7.25. The number of nitro groups is 1. The zero-order chi connectivity index (χ0) is 13.1. The van der Waals surface area contributed by atoms with Crippen molar-refractivity contribution in [1.82, 2.24) is 0 Å². The van der Waals surface area contributed by atoms with E-state index in [2.05, 4.69) is 0 Å². The molecule has 0 amide bonds. The van der Waals surface area contributed by atoms with E-state index in [1.54, 1.807) is 0 Å². The molecule has 0 spiro atoms. The van der Waals surface area contributed by atoms with E-state index < -0.39 is 31.3 Å². The summed E-state index contributed by atoms with van der Waals surface area (Å²) in [5, 5.41) is 7.37. The maximum absolute atomic E-state index is 12.9. The number of hydrogen-bond acceptors (Lipinski definition) is 3. The second kappa shape index (κ2) is 5.88. The third-order valence-corrected chi connectivity index (χ3v) is 3.20. The lowest BCUT2D eigenvalue weighted by molar-refractivity contribution is -0.494. The number of nitrogens with zero attached hydrogens (tertiary/aromatic N) is 1. The summed E-state index contributed by atoms with van der Waals surface area (Å²) in [6.07, 6.45) is -4.97. The molecule has 0 saturated heterocycles. The molecule has 0 heterocycles. The lowest BCUT2D eigenvalue weighted by Crippen LogP contribution is -2.43. The molecule has 9 heteroatoms. The molecule has 18 heavy (non-hydrogen) atoms. The molecule has 5 nitrogen and oxygen atoms in total. The number of alkyl halides is 3. The second-order valence-corrected chi connectivity index (χ2v) is 4.25. The van der Waals surface area contributed by atoms with Crippen LogP contribution >= 0.6 is 8.46 Å². The third kappa shape index (κ3) is 3.02. The molecule has 1 unspecified atom stereocenters. The minimum Gasteiger partial charge on any atom is -0.412 e. The van der Waals surface area contributed by atoms with E-state index in [1.807, 2.05) is 0 Å². The van der Waals surface area contributed by atoms with Gasteiger partial charge >= 0.3 is 6.18 Å². The van der Waals surface area contributed by atoms with Crippen molar-refractivity contribution in [3.05, 3.63) is 46.0 Å². The zero-order valence-corrected chi connectivity index (χ0v) is 9.74. The highest BCUT2D eigenvalue weighted by atomic mass is 31.1. The van der Waals surface area contributed by atoms with Crippen LogP contribution in [0.2, 0.25) is 0 Å². The van der Waals surface area contributed by atoms with E-state index in [4.69, 9.17) is 0 Å². The summed E-state index contributed by atoms with van der Waals surface area (Å²) in [7, 11) is -1.34. The molecule has 0 bridgehead atoms. The largest absolute Gasteiger partial charge is 0.415 e. The monoisotopic (exact) mass is 283 g/mol. The van der Waals surface area contributed by atoms with Gasteiger partial charge < -0.3 is 5.48 Å². The zero-order valence-electron chi connectivity index (χ0n) is 8.85. The summed E-state index contributed by atoms with van der Waals surface area (Å²) in [6.45, 7) is -1.47. The fourth-order valence-corrected chi connectivity index (χ4v) is 1.91. The molecule has 1 aromatic rings. The highest BCUT2D eigenvalue weighted by Gasteiger charge is 2.61. The fourth-order valence-electron chi connectivity index (χ4n) is 1.38. The summed E-state index contributed by atoms with van der Waals surface area (Å²) in [5.74, 6) is 0. The molecule has 100 valence electrons. The quantitative estimate of drug-likeness (QED) is 0.481. The average Bonchev–Trinajstić information content (AvgIpc) is 2.25. The van der Waals surface area contributed by atoms with Crippen molar-refractivity contribution in [1.29, 1.82) is 0 Å². The lowest BCUT2D eigenvalue weighted by atomic mass is 9.97. The molecule has 0 saturated carbocycles. The van der Waals surface area contributed by atoms with Crippen molar-refractivity contribution in [3.63, 3.8) is 0 Å². The van der Waals surface area contributed by atoms with Gasteiger partial charge in [-0.25, -0.2) is 0 Å². The number of halogens is 3. The predicted molar refractivity (Wildman–Crippen MR) is 57.3 cm³/mol. The van der Waals surface area contributed by atoms with Gasteiger partial charge in [0.2, 0.25) is 11.7 Å². The molecule has 0 aromatic heterocycles. The van der Waals surface area contributed by atoms with E-state index in [0.717, 1.165) is 12.1 Å². The minimum absolute atomic E-state index is 0. The maximum Gasteiger partial charge on any atom is 0.415 e. The Balaban J connectivity index is 0.00000289. The van der Waals surface area contributed by atoms with Crippen LogP contribution in [-0.4, -0.2) is 23.1 Å². The van der Waals surface area contributed by atoms with Crippen LogP contribution in [0.1, 0.15) is 5.56 Å². The van der Waals surface area contributed by atoms with Gasteiger partial charge in [-0.3, -0.25) is 14.7 Å². The smallest absolute Gasteiger partial charge is 0.412 e. The van der Waals surface area contributed by atoms with Gasteiger partial charge in [0.05, 0.1) is 0 Å². The number of rotatable bonds is 4. The van der Waals surface area contributed by atoms with Gasteiger partial charge in [-0.05, 0) is 5.56 Å². The van der Waals surface area contributed by atoms with Gasteiger partial charge in [0, 0.05) is 4.92 Å². The first-order chi connectivity index (χ1) is 7.83. The summed E-state index contributed by atoms with van der Waals surface area (Å²) < 4.78 is 49.6. The molecule has 0 aliphatic rings. The van der Waals surface area contributed by atoms with Crippen molar-refractivity contribution < 1.29 is 28.1 Å². The molecule has 0 fully saturated rings. The molecule has 0 aliphatic heterocycles. The Bertz CT molecular complexity index is 426. The lowest BCUT2D eigenvalue weighted by Gasteiger charge is -2.25. The fraction of sp³-hybridized carbons (Fsp3) is 0.333. The Morgan fingerprint density at radius 1 is 1.22 bits per heavy atom. The van der Waals surface area contributed by atoms with Gasteiger partial charge in [-0.1, -0.05) is 30.3 Å². The molecule has 0 aliphatic carbocycles. The van der Waals surface area contributed by atoms with Crippen molar-refractivity contribution in [3.8, 4) is 0 Å². The topological polar surface area (TPSA) is 91.7 Å². The molecule has 1 aromatic carbocycles. The normalized spacial score (nSPS) is 14.6. The Morgan fingerprint density at radius 3 is 2.06 bits per heavy atom. The SMILES string of the molecule is O.O=PC(C[N+](=O)[O-])(c1ccccc1)C(F)(F)F. The van der Waals surface area contributed by atoms with Crippen LogP contribution in [0.25, 0.3) is 0 Å². The standard InChI is InChI=1S/C9H7F3NO3P.H2O/c10-9(11,12)8(17-16,6-13(14)15)7-4-2-1-3-5-7;/h1-5H,6H2;1H2. The van der Waals surface area contributed by atoms with E-state index in [1.165, 1.54) is 18.2 Å². The molecule has 1 atom stereocenters. The first-order valence-electron chi connectivity index (χ1n) is 4.42. The average molecular weight is 283 g/mol. The molecular formula is C9H9F3NO4P. The van der Waals surface area contributed by atoms with Crippen LogP contribution in [0, 0.1) is 10.1 Å². The Morgan fingerprint density at radius 2 is 1.72 bits per heavy atom. The summed E-state index contributed by atoms with van der Waals surface area (Å²) in [4.78, 5) is 9.24. The summed E-state index contributed by atoms with van der Waals surface area (Å²) in [6, 6.07) is 6.23. The highest BCUT2D eigenvalue weighted by Crippen LogP contribution is 2.48. The van der Waals surface area contributed by atoms with Crippen LogP contribution in [0.3, 0.4) is 0 Å². The second-order valence-electron chi connectivity index (χ2n) is 3.31. The molecular weight excluding hydrogens is 274 g/mol. The third-order valence-electron chi connectivity index (χ3n) is 2.23. The van der Waals surface area contributed by atoms with E-state index in [0.29, 0.717) is 0 Å². The predicted octanol–water partition coefficient (Wildman–Crippen LogP) is 2.19. The van der Waals surface area contributed by atoms with Crippen LogP contribution in [0.5, 0.6) is 0 Å². The van der Waals surface area contributed by atoms with Gasteiger partial charge in [0.25, 0.3) is 0 Å². The molecule has 2 N–H and O–H groups in total. The Labute approximate surface area is 101 Å². The minimum atomic E-state index is -4.97. The van der Waals surface area contributed by atoms with Crippen LogP contribution in [-0.2, 0) is 9.72 Å². The van der Waals surface area contributed by atoms with Crippen molar-refractivity contribution in [2.45, 2.75) is 11.3 Å². The van der Waals surface area contributed by atoms with E-state index in [9.17, 15) is 27.9 Å². The first-order valence-corrected chi connectivity index (χ1v) is 5.23. The summed E-state index contributed by atoms with van der Waals surface area (Å²) >= 11 is 0. The van der Waals surface area contributed by atoms with Crippen LogP contribution in [0.4, 0.5) is 13.2 Å².